The van der Waals surface area contributed by atoms with Gasteiger partial charge in [-0.05, 0) is 41.3 Å². The minimum absolute atomic E-state index is 0.0892. The van der Waals surface area contributed by atoms with E-state index in [4.69, 9.17) is 17.3 Å². The number of aliphatic hydroxyl groups is 1. The molecule has 1 unspecified atom stereocenters. The molecule has 0 fully saturated rings. The lowest BCUT2D eigenvalue weighted by Gasteiger charge is -2.28. The summed E-state index contributed by atoms with van der Waals surface area (Å²) in [5, 5.41) is 11.6. The Bertz CT molecular complexity index is 674. The van der Waals surface area contributed by atoms with Crippen molar-refractivity contribution >= 4 is 17.2 Å². The Labute approximate surface area is 150 Å². The molecule has 0 amide bonds. The second-order valence-electron chi connectivity index (χ2n) is 5.10. The normalized spacial score (nSPS) is 13.5. The summed E-state index contributed by atoms with van der Waals surface area (Å²) in [7, 11) is 0. The molecule has 1 atom stereocenters. The van der Waals surface area contributed by atoms with Gasteiger partial charge in [0.05, 0.1) is 0 Å². The van der Waals surface area contributed by atoms with Crippen molar-refractivity contribution in [2.75, 3.05) is 6.54 Å². The zero-order valence-electron chi connectivity index (χ0n) is 14.6. The highest BCUT2D eigenvalue weighted by Gasteiger charge is 2.29. The Hall–Kier alpha value is -1.87. The monoisotopic (exact) mass is 343 g/mol. The molecule has 0 aliphatic heterocycles. The molecular weight excluding hydrogens is 318 g/mol. The van der Waals surface area contributed by atoms with Gasteiger partial charge in [-0.1, -0.05) is 80.6 Å². The number of rotatable bonds is 5. The third-order valence-corrected chi connectivity index (χ3v) is 4.10. The van der Waals surface area contributed by atoms with Crippen molar-refractivity contribution in [3.05, 3.63) is 89.0 Å². The lowest BCUT2D eigenvalue weighted by molar-refractivity contribution is 0.0902. The molecule has 3 heteroatoms. The third-order valence-electron chi connectivity index (χ3n) is 3.84. The average molecular weight is 344 g/mol. The van der Waals surface area contributed by atoms with Gasteiger partial charge in [-0.2, -0.15) is 0 Å². The summed E-state index contributed by atoms with van der Waals surface area (Å²) in [6, 6.07) is 14.8. The van der Waals surface area contributed by atoms with Gasteiger partial charge in [0, 0.05) is 11.6 Å². The van der Waals surface area contributed by atoms with Crippen molar-refractivity contribution < 1.29 is 5.11 Å². The molecule has 0 bridgehead atoms. The predicted octanol–water partition coefficient (Wildman–Crippen LogP) is 5.15. The summed E-state index contributed by atoms with van der Waals surface area (Å²) >= 11 is 5.91. The van der Waals surface area contributed by atoms with E-state index in [-0.39, 0.29) is 6.54 Å². The minimum Gasteiger partial charge on any atom is -0.379 e. The Kier molecular flexibility index (Phi) is 7.93. The number of halogens is 1. The number of allylic oxidation sites excluding steroid dienone is 3. The Balaban J connectivity index is 0.00000139. The first-order valence-electron chi connectivity index (χ1n) is 8.13. The fraction of sp³-hybridized carbons (Fsp3) is 0.238. The summed E-state index contributed by atoms with van der Waals surface area (Å²) < 4.78 is 0. The molecule has 0 aromatic heterocycles. The molecule has 2 rings (SSSR count). The molecule has 0 saturated heterocycles. The van der Waals surface area contributed by atoms with Gasteiger partial charge in [-0.15, -0.1) is 0 Å². The molecule has 128 valence electrons. The summed E-state index contributed by atoms with van der Waals surface area (Å²) in [5.74, 6) is 0. The molecule has 0 radical (unpaired) electrons. The van der Waals surface area contributed by atoms with Crippen LogP contribution >= 0.6 is 11.6 Å². The van der Waals surface area contributed by atoms with E-state index in [0.29, 0.717) is 5.02 Å². The number of nitrogens with two attached hydrogens (primary N) is 1. The van der Waals surface area contributed by atoms with Gasteiger partial charge in [0.2, 0.25) is 0 Å². The molecule has 0 spiro atoms. The predicted molar refractivity (Wildman–Crippen MR) is 105 cm³/mol. The van der Waals surface area contributed by atoms with E-state index in [0.717, 1.165) is 22.3 Å². The van der Waals surface area contributed by atoms with Crippen LogP contribution in [-0.4, -0.2) is 11.7 Å². The van der Waals surface area contributed by atoms with Crippen LogP contribution < -0.4 is 5.73 Å². The molecule has 24 heavy (non-hydrogen) atoms. The van der Waals surface area contributed by atoms with Crippen LogP contribution in [0.4, 0.5) is 0 Å². The maximum absolute atomic E-state index is 11.0. The van der Waals surface area contributed by atoms with Crippen LogP contribution in [-0.2, 0) is 5.60 Å². The quantitative estimate of drug-likeness (QED) is 0.737. The van der Waals surface area contributed by atoms with Crippen molar-refractivity contribution in [3.8, 4) is 0 Å². The molecule has 0 aliphatic rings. The first-order chi connectivity index (χ1) is 11.5. The number of hydrogen-bond donors (Lipinski definition) is 2. The zero-order chi connectivity index (χ0) is 18.2. The highest BCUT2D eigenvalue weighted by molar-refractivity contribution is 6.30. The van der Waals surface area contributed by atoms with E-state index in [2.05, 4.69) is 6.58 Å². The summed E-state index contributed by atoms with van der Waals surface area (Å²) in [5.41, 5.74) is 8.20. The van der Waals surface area contributed by atoms with Crippen LogP contribution in [0.5, 0.6) is 0 Å². The van der Waals surface area contributed by atoms with Crippen LogP contribution in [0.3, 0.4) is 0 Å². The van der Waals surface area contributed by atoms with Gasteiger partial charge in [0.15, 0.2) is 0 Å². The Morgan fingerprint density at radius 2 is 1.54 bits per heavy atom. The molecular formula is C21H26ClNO. The van der Waals surface area contributed by atoms with E-state index < -0.39 is 5.60 Å². The average Bonchev–Trinajstić information content (AvgIpc) is 2.65. The van der Waals surface area contributed by atoms with Crippen LogP contribution in [0, 0.1) is 0 Å². The summed E-state index contributed by atoms with van der Waals surface area (Å²) in [6.07, 6.45) is 3.81. The zero-order valence-corrected chi connectivity index (χ0v) is 15.3. The van der Waals surface area contributed by atoms with Crippen LogP contribution in [0.1, 0.15) is 37.5 Å². The smallest absolute Gasteiger partial charge is 0.127 e. The minimum atomic E-state index is -1.23. The highest BCUT2D eigenvalue weighted by atomic mass is 35.5. The number of hydrogen-bond acceptors (Lipinski definition) is 2. The lowest BCUT2D eigenvalue weighted by atomic mass is 9.85. The molecule has 3 N–H and O–H groups in total. The topological polar surface area (TPSA) is 46.2 Å². The van der Waals surface area contributed by atoms with E-state index in [1.807, 2.05) is 57.2 Å². The fourth-order valence-electron chi connectivity index (χ4n) is 2.47. The van der Waals surface area contributed by atoms with Crippen molar-refractivity contribution in [2.45, 2.75) is 26.4 Å². The van der Waals surface area contributed by atoms with Gasteiger partial charge in [0.25, 0.3) is 0 Å². The molecule has 0 aliphatic carbocycles. The Morgan fingerprint density at radius 3 is 1.92 bits per heavy atom. The van der Waals surface area contributed by atoms with E-state index in [1.54, 1.807) is 24.3 Å². The van der Waals surface area contributed by atoms with Gasteiger partial charge >= 0.3 is 0 Å². The van der Waals surface area contributed by atoms with Crippen molar-refractivity contribution in [1.82, 2.24) is 0 Å². The maximum Gasteiger partial charge on any atom is 0.127 e. The molecule has 2 aromatic carbocycles. The SMILES string of the molecule is C=C/C(=C\C)c1ccc(C(O)(CN)c2ccc(Cl)cc2)cc1.CC. The molecule has 0 heterocycles. The van der Waals surface area contributed by atoms with Crippen molar-refractivity contribution in [2.24, 2.45) is 5.73 Å². The van der Waals surface area contributed by atoms with Crippen molar-refractivity contribution in [1.29, 1.82) is 0 Å². The molecule has 2 aromatic rings. The fourth-order valence-corrected chi connectivity index (χ4v) is 2.59. The van der Waals surface area contributed by atoms with Crippen LogP contribution in [0.15, 0.2) is 67.3 Å². The summed E-state index contributed by atoms with van der Waals surface area (Å²) in [6.45, 7) is 9.86. The first-order valence-corrected chi connectivity index (χ1v) is 8.51. The lowest BCUT2D eigenvalue weighted by Crippen LogP contribution is -2.36. The van der Waals surface area contributed by atoms with Gasteiger partial charge in [-0.25, -0.2) is 0 Å². The number of benzene rings is 2. The summed E-state index contributed by atoms with van der Waals surface area (Å²) in [4.78, 5) is 0. The van der Waals surface area contributed by atoms with E-state index in [1.165, 1.54) is 0 Å². The molecule has 2 nitrogen and oxygen atoms in total. The first kappa shape index (κ1) is 20.2. The van der Waals surface area contributed by atoms with Gasteiger partial charge < -0.3 is 10.8 Å². The standard InChI is InChI=1S/C19H20ClNO.C2H6/c1-3-14(4-2)15-5-7-16(8-6-15)19(22,13-21)17-9-11-18(20)12-10-17;1-2/h3-12,22H,1,13,21H2,2H3;1-2H3/b14-4+;. The van der Waals surface area contributed by atoms with Gasteiger partial charge in [0.1, 0.15) is 5.60 Å². The van der Waals surface area contributed by atoms with Crippen molar-refractivity contribution in [3.63, 3.8) is 0 Å². The van der Waals surface area contributed by atoms with E-state index in [9.17, 15) is 5.11 Å². The third kappa shape index (κ3) is 4.35. The highest BCUT2D eigenvalue weighted by Crippen LogP contribution is 2.30. The van der Waals surface area contributed by atoms with Gasteiger partial charge in [-0.3, -0.25) is 0 Å². The van der Waals surface area contributed by atoms with E-state index >= 15 is 0 Å². The second kappa shape index (κ2) is 9.43. The largest absolute Gasteiger partial charge is 0.379 e. The second-order valence-corrected chi connectivity index (χ2v) is 5.53. The maximum atomic E-state index is 11.0. The van der Waals surface area contributed by atoms with Crippen LogP contribution in [0.2, 0.25) is 5.02 Å². The van der Waals surface area contributed by atoms with Crippen LogP contribution in [0.25, 0.3) is 5.57 Å². The molecule has 0 saturated carbocycles. The Morgan fingerprint density at radius 1 is 1.08 bits per heavy atom.